The topological polar surface area (TPSA) is 9.23 Å². The summed E-state index contributed by atoms with van der Waals surface area (Å²) in [5, 5.41) is 0. The smallest absolute Gasteiger partial charge is 0.251 e. The van der Waals surface area contributed by atoms with Crippen LogP contribution in [0.25, 0.3) is 0 Å². The molecular weight excluding hydrogens is 284 g/mol. The van der Waals surface area contributed by atoms with E-state index in [0.717, 1.165) is 5.75 Å². The van der Waals surface area contributed by atoms with Crippen LogP contribution in [-0.2, 0) is 0 Å². The van der Waals surface area contributed by atoms with Gasteiger partial charge in [0.1, 0.15) is 5.75 Å². The van der Waals surface area contributed by atoms with Crippen molar-refractivity contribution in [1.82, 2.24) is 0 Å². The van der Waals surface area contributed by atoms with Crippen molar-refractivity contribution in [2.45, 2.75) is 90.3 Å². The maximum Gasteiger partial charge on any atom is 0.251 e. The first-order valence-corrected chi connectivity index (χ1v) is 12.0. The first kappa shape index (κ1) is 19.3. The predicted molar refractivity (Wildman–Crippen MR) is 101 cm³/mol. The van der Waals surface area contributed by atoms with E-state index in [0.29, 0.717) is 0 Å². The van der Waals surface area contributed by atoms with Crippen molar-refractivity contribution in [3.63, 3.8) is 0 Å². The molecule has 0 saturated carbocycles. The molecule has 0 amide bonds. The van der Waals surface area contributed by atoms with Crippen LogP contribution in [0.5, 0.6) is 5.75 Å². The van der Waals surface area contributed by atoms with Crippen molar-refractivity contribution >= 4 is 8.32 Å². The number of unbranched alkanes of at least 4 members (excludes halogenated alkanes) is 5. The molecule has 0 radical (unpaired) electrons. The van der Waals surface area contributed by atoms with Crippen molar-refractivity contribution in [3.05, 3.63) is 30.3 Å². The van der Waals surface area contributed by atoms with Crippen LogP contribution in [0, 0.1) is 0 Å². The molecule has 2 heteroatoms. The van der Waals surface area contributed by atoms with Gasteiger partial charge in [0.15, 0.2) is 0 Å². The summed E-state index contributed by atoms with van der Waals surface area (Å²) in [6.07, 6.45) is 10.8. The second-order valence-corrected chi connectivity index (χ2v) is 10.7. The molecule has 0 heterocycles. The average molecular weight is 321 g/mol. The summed E-state index contributed by atoms with van der Waals surface area (Å²) in [4.78, 5) is 0. The first-order valence-electron chi connectivity index (χ1n) is 9.50. The highest BCUT2D eigenvalue weighted by Gasteiger charge is 2.34. The van der Waals surface area contributed by atoms with Gasteiger partial charge in [0.05, 0.1) is 0 Å². The second-order valence-electron chi connectivity index (χ2n) is 6.62. The summed E-state index contributed by atoms with van der Waals surface area (Å²) in [6, 6.07) is 14.5. The van der Waals surface area contributed by atoms with Crippen LogP contribution in [0.2, 0.25) is 18.1 Å². The molecule has 0 aliphatic heterocycles. The third-order valence-corrected chi connectivity index (χ3v) is 9.23. The van der Waals surface area contributed by atoms with Crippen LogP contribution < -0.4 is 4.43 Å². The van der Waals surface area contributed by atoms with E-state index in [2.05, 4.69) is 51.1 Å². The molecular formula is C20H36OSi. The Morgan fingerprint density at radius 3 is 1.86 bits per heavy atom. The van der Waals surface area contributed by atoms with Crippen molar-refractivity contribution < 1.29 is 4.43 Å². The van der Waals surface area contributed by atoms with Crippen molar-refractivity contribution in [2.75, 3.05) is 0 Å². The second kappa shape index (κ2) is 11.8. The summed E-state index contributed by atoms with van der Waals surface area (Å²) in [6.45, 7) is 6.91. The predicted octanol–water partition coefficient (Wildman–Crippen LogP) is 7.19. The Morgan fingerprint density at radius 1 is 0.682 bits per heavy atom. The maximum absolute atomic E-state index is 6.65. The molecule has 0 aliphatic carbocycles. The Bertz CT molecular complexity index is 357. The van der Waals surface area contributed by atoms with Crippen LogP contribution in [-0.4, -0.2) is 8.32 Å². The summed E-state index contributed by atoms with van der Waals surface area (Å²) >= 11 is 0. The molecule has 0 unspecified atom stereocenters. The highest BCUT2D eigenvalue weighted by atomic mass is 28.4. The largest absolute Gasteiger partial charge is 0.543 e. The minimum atomic E-state index is -1.60. The van der Waals surface area contributed by atoms with Gasteiger partial charge in [0.25, 0.3) is 8.32 Å². The highest BCUT2D eigenvalue weighted by molar-refractivity contribution is 6.74. The monoisotopic (exact) mass is 320 g/mol. The fraction of sp³-hybridized carbons (Fsp3) is 0.700. The van der Waals surface area contributed by atoms with E-state index in [4.69, 9.17) is 4.43 Å². The highest BCUT2D eigenvalue weighted by Crippen LogP contribution is 2.30. The van der Waals surface area contributed by atoms with Gasteiger partial charge in [-0.05, 0) is 30.3 Å². The number of rotatable bonds is 13. The third-order valence-electron chi connectivity index (χ3n) is 4.47. The number of hydrogen-bond donors (Lipinski definition) is 0. The van der Waals surface area contributed by atoms with Gasteiger partial charge >= 0.3 is 0 Å². The summed E-state index contributed by atoms with van der Waals surface area (Å²) in [7, 11) is -1.60. The molecule has 0 aliphatic rings. The Labute approximate surface area is 139 Å². The molecule has 0 N–H and O–H groups in total. The van der Waals surface area contributed by atoms with Gasteiger partial charge < -0.3 is 4.43 Å². The molecule has 126 valence electrons. The first-order chi connectivity index (χ1) is 10.8. The Kier molecular flexibility index (Phi) is 10.3. The quantitative estimate of drug-likeness (QED) is 0.276. The zero-order chi connectivity index (χ0) is 16.1. The fourth-order valence-corrected chi connectivity index (χ4v) is 7.81. The zero-order valence-electron chi connectivity index (χ0n) is 15.1. The Balaban J connectivity index is 2.56. The normalized spacial score (nSPS) is 11.6. The van der Waals surface area contributed by atoms with Gasteiger partial charge in [-0.3, -0.25) is 0 Å². The van der Waals surface area contributed by atoms with E-state index in [9.17, 15) is 0 Å². The maximum atomic E-state index is 6.65. The number of benzene rings is 1. The third kappa shape index (κ3) is 7.48. The van der Waals surface area contributed by atoms with E-state index < -0.39 is 8.32 Å². The van der Waals surface area contributed by atoms with Crippen LogP contribution in [0.3, 0.4) is 0 Å². The molecule has 1 aromatic carbocycles. The molecule has 0 fully saturated rings. The molecule has 0 spiro atoms. The molecule has 1 aromatic rings. The SMILES string of the molecule is CCCCCCCC[Si](CCC)(CCC)Oc1ccccc1. The number of hydrogen-bond acceptors (Lipinski definition) is 1. The fourth-order valence-electron chi connectivity index (χ4n) is 3.41. The van der Waals surface area contributed by atoms with Gasteiger partial charge in [-0.15, -0.1) is 0 Å². The van der Waals surface area contributed by atoms with Crippen molar-refractivity contribution in [1.29, 1.82) is 0 Å². The summed E-state index contributed by atoms with van der Waals surface area (Å²) in [5.41, 5.74) is 0. The lowest BCUT2D eigenvalue weighted by molar-refractivity contribution is 0.511. The van der Waals surface area contributed by atoms with Crippen LogP contribution in [0.15, 0.2) is 30.3 Å². The van der Waals surface area contributed by atoms with Crippen LogP contribution in [0.1, 0.15) is 72.1 Å². The molecule has 0 aromatic heterocycles. The van der Waals surface area contributed by atoms with Gasteiger partial charge in [-0.25, -0.2) is 0 Å². The van der Waals surface area contributed by atoms with Crippen molar-refractivity contribution in [2.24, 2.45) is 0 Å². The summed E-state index contributed by atoms with van der Waals surface area (Å²) < 4.78 is 6.65. The Morgan fingerprint density at radius 2 is 1.27 bits per heavy atom. The van der Waals surface area contributed by atoms with E-state index in [1.165, 1.54) is 69.5 Å². The van der Waals surface area contributed by atoms with Crippen LogP contribution in [0.4, 0.5) is 0 Å². The molecule has 1 nitrogen and oxygen atoms in total. The lowest BCUT2D eigenvalue weighted by atomic mass is 10.1. The molecule has 0 saturated heterocycles. The van der Waals surface area contributed by atoms with Gasteiger partial charge in [-0.2, -0.15) is 0 Å². The van der Waals surface area contributed by atoms with E-state index in [-0.39, 0.29) is 0 Å². The lowest BCUT2D eigenvalue weighted by Crippen LogP contribution is -2.41. The molecule has 1 rings (SSSR count). The molecule has 22 heavy (non-hydrogen) atoms. The van der Waals surface area contributed by atoms with E-state index >= 15 is 0 Å². The molecule has 0 bridgehead atoms. The van der Waals surface area contributed by atoms with Gasteiger partial charge in [0, 0.05) is 0 Å². The molecule has 0 atom stereocenters. The zero-order valence-corrected chi connectivity index (χ0v) is 16.1. The average Bonchev–Trinajstić information content (AvgIpc) is 2.52. The van der Waals surface area contributed by atoms with E-state index in [1.807, 2.05) is 0 Å². The van der Waals surface area contributed by atoms with E-state index in [1.54, 1.807) is 0 Å². The minimum absolute atomic E-state index is 1.10. The van der Waals surface area contributed by atoms with Gasteiger partial charge in [-0.1, -0.05) is 90.3 Å². The van der Waals surface area contributed by atoms with Crippen LogP contribution >= 0.6 is 0 Å². The lowest BCUT2D eigenvalue weighted by Gasteiger charge is -2.32. The van der Waals surface area contributed by atoms with Crippen molar-refractivity contribution in [3.8, 4) is 5.75 Å². The Hall–Kier alpha value is -0.763. The van der Waals surface area contributed by atoms with Gasteiger partial charge in [0.2, 0.25) is 0 Å². The summed E-state index contributed by atoms with van der Waals surface area (Å²) in [5.74, 6) is 1.10. The standard InChI is InChI=1S/C20H36OSi/c1-4-7-8-9-10-14-19-22(17-5-2,18-6-3)21-20-15-12-11-13-16-20/h11-13,15-16H,4-10,14,17-19H2,1-3H3. The number of para-hydroxylation sites is 1. The minimum Gasteiger partial charge on any atom is -0.543 e.